The van der Waals surface area contributed by atoms with Crippen LogP contribution in [0.5, 0.6) is 0 Å². The molecule has 35 heavy (non-hydrogen) atoms. The molecule has 184 valence electrons. The van der Waals surface area contributed by atoms with Crippen molar-refractivity contribution in [1.82, 2.24) is 5.32 Å². The first-order valence-corrected chi connectivity index (χ1v) is 12.0. The number of carboxylic acid groups (broad SMARTS) is 1. The highest BCUT2D eigenvalue weighted by molar-refractivity contribution is 6.42. The van der Waals surface area contributed by atoms with Gasteiger partial charge in [-0.15, -0.1) is 0 Å². The van der Waals surface area contributed by atoms with E-state index in [0.29, 0.717) is 22.0 Å². The van der Waals surface area contributed by atoms with Crippen LogP contribution in [0.25, 0.3) is 10.8 Å². The van der Waals surface area contributed by atoms with E-state index in [0.717, 1.165) is 16.3 Å². The largest absolute Gasteiger partial charge is 0.481 e. The molecule has 0 aliphatic heterocycles. The average molecular weight is 516 g/mol. The number of hydrogen-bond donors (Lipinski definition) is 2. The van der Waals surface area contributed by atoms with Crippen molar-refractivity contribution in [1.29, 1.82) is 0 Å². The number of rotatable bonds is 10. The molecule has 6 nitrogen and oxygen atoms in total. The lowest BCUT2D eigenvalue weighted by Gasteiger charge is -2.26. The molecule has 3 rings (SSSR count). The quantitative estimate of drug-likeness (QED) is 0.327. The van der Waals surface area contributed by atoms with Gasteiger partial charge in [0.15, 0.2) is 0 Å². The Balaban J connectivity index is 1.77. The zero-order valence-corrected chi connectivity index (χ0v) is 21.0. The van der Waals surface area contributed by atoms with Crippen LogP contribution in [0.2, 0.25) is 10.0 Å². The minimum Gasteiger partial charge on any atom is -0.481 e. The molecule has 0 radical (unpaired) electrons. The van der Waals surface area contributed by atoms with Crippen molar-refractivity contribution < 1.29 is 24.2 Å². The molecule has 3 aromatic rings. The normalized spacial score (nSPS) is 13.6. The number of carboxylic acids is 1. The van der Waals surface area contributed by atoms with Gasteiger partial charge < -0.3 is 15.2 Å². The number of benzene rings is 3. The van der Waals surface area contributed by atoms with Crippen LogP contribution in [0.3, 0.4) is 0 Å². The molecule has 0 aromatic heterocycles. The van der Waals surface area contributed by atoms with E-state index in [4.69, 9.17) is 33.0 Å². The van der Waals surface area contributed by atoms with Gasteiger partial charge in [-0.05, 0) is 53.4 Å². The summed E-state index contributed by atoms with van der Waals surface area (Å²) >= 11 is 12.2. The van der Waals surface area contributed by atoms with E-state index in [1.165, 1.54) is 0 Å². The van der Waals surface area contributed by atoms with Gasteiger partial charge in [-0.2, -0.15) is 0 Å². The fraction of sp³-hybridized carbons (Fsp3) is 0.296. The molecule has 0 bridgehead atoms. The van der Waals surface area contributed by atoms with Gasteiger partial charge in [0.25, 0.3) is 0 Å². The van der Waals surface area contributed by atoms with Gasteiger partial charge in [0, 0.05) is 19.3 Å². The number of amides is 1. The van der Waals surface area contributed by atoms with Crippen LogP contribution in [0.15, 0.2) is 60.7 Å². The SMILES string of the molecule is C[C@@H](CC(=O)O)CC(=O)N[C@@H](C)[C@@H](Cc1ccc(Cl)c(Cl)c1)OC(=O)c1ccc2ccccc2c1. The van der Waals surface area contributed by atoms with Crippen LogP contribution in [-0.4, -0.2) is 35.1 Å². The van der Waals surface area contributed by atoms with Crippen molar-refractivity contribution in [2.24, 2.45) is 5.92 Å². The van der Waals surface area contributed by atoms with Crippen LogP contribution in [0.1, 0.15) is 42.6 Å². The number of ether oxygens (including phenoxy) is 1. The van der Waals surface area contributed by atoms with Gasteiger partial charge in [0.1, 0.15) is 6.10 Å². The third-order valence-electron chi connectivity index (χ3n) is 5.67. The summed E-state index contributed by atoms with van der Waals surface area (Å²) in [6.07, 6.45) is -0.465. The topological polar surface area (TPSA) is 92.7 Å². The molecule has 0 unspecified atom stereocenters. The molecule has 1 amide bonds. The van der Waals surface area contributed by atoms with E-state index in [1.54, 1.807) is 44.2 Å². The van der Waals surface area contributed by atoms with E-state index < -0.39 is 24.1 Å². The maximum atomic E-state index is 13.1. The summed E-state index contributed by atoms with van der Waals surface area (Å²) in [4.78, 5) is 36.5. The Kier molecular flexibility index (Phi) is 9.13. The number of halogens is 2. The lowest BCUT2D eigenvalue weighted by Crippen LogP contribution is -2.44. The molecular weight excluding hydrogens is 489 g/mol. The molecule has 0 saturated carbocycles. The minimum atomic E-state index is -0.958. The van der Waals surface area contributed by atoms with Gasteiger partial charge in [0.2, 0.25) is 5.91 Å². The molecular formula is C27H27Cl2NO5. The second kappa shape index (κ2) is 12.0. The average Bonchev–Trinajstić information content (AvgIpc) is 2.79. The number of esters is 1. The molecule has 3 aromatic carbocycles. The lowest BCUT2D eigenvalue weighted by molar-refractivity contribution is -0.138. The Hall–Kier alpha value is -3.09. The first-order valence-electron chi connectivity index (χ1n) is 11.3. The highest BCUT2D eigenvalue weighted by Gasteiger charge is 2.25. The van der Waals surface area contributed by atoms with E-state index in [1.807, 2.05) is 30.3 Å². The smallest absolute Gasteiger partial charge is 0.338 e. The first kappa shape index (κ1) is 26.5. The van der Waals surface area contributed by atoms with Crippen molar-refractivity contribution >= 4 is 51.8 Å². The second-order valence-corrected chi connectivity index (χ2v) is 9.54. The van der Waals surface area contributed by atoms with Gasteiger partial charge in [0.05, 0.1) is 21.7 Å². The second-order valence-electron chi connectivity index (χ2n) is 8.72. The van der Waals surface area contributed by atoms with Crippen molar-refractivity contribution in [3.05, 3.63) is 81.8 Å². The van der Waals surface area contributed by atoms with Crippen LogP contribution >= 0.6 is 23.2 Å². The first-order chi connectivity index (χ1) is 16.6. The molecule has 2 N–H and O–H groups in total. The van der Waals surface area contributed by atoms with Gasteiger partial charge in [-0.3, -0.25) is 9.59 Å². The number of aliphatic carboxylic acids is 1. The van der Waals surface area contributed by atoms with E-state index >= 15 is 0 Å². The fourth-order valence-corrected chi connectivity index (χ4v) is 4.15. The number of hydrogen-bond acceptors (Lipinski definition) is 4. The maximum absolute atomic E-state index is 13.1. The Bertz CT molecular complexity index is 1230. The summed E-state index contributed by atoms with van der Waals surface area (Å²) in [6, 6.07) is 17.6. The summed E-state index contributed by atoms with van der Waals surface area (Å²) in [5, 5.41) is 14.5. The minimum absolute atomic E-state index is 0.0504. The number of carbonyl (C=O) groups is 3. The highest BCUT2D eigenvalue weighted by Crippen LogP contribution is 2.25. The van der Waals surface area contributed by atoms with Crippen molar-refractivity contribution in [2.75, 3.05) is 0 Å². The summed E-state index contributed by atoms with van der Waals surface area (Å²) in [6.45, 7) is 3.45. The molecule has 0 spiro atoms. The maximum Gasteiger partial charge on any atom is 0.338 e. The summed E-state index contributed by atoms with van der Waals surface area (Å²) in [7, 11) is 0. The number of carbonyl (C=O) groups excluding carboxylic acids is 2. The van der Waals surface area contributed by atoms with Gasteiger partial charge in [-0.25, -0.2) is 4.79 Å². The standard InChI is InChI=1S/C27H27Cl2NO5/c1-16(12-26(32)33)11-25(31)30-17(2)24(14-18-7-10-22(28)23(29)13-18)35-27(34)21-9-8-19-5-3-4-6-20(19)15-21/h3-10,13,15-17,24H,11-12,14H2,1-2H3,(H,30,31)(H,32,33)/t16-,17+,24-/m1/s1. The van der Waals surface area contributed by atoms with E-state index in [-0.39, 0.29) is 24.7 Å². The summed E-state index contributed by atoms with van der Waals surface area (Å²) in [5.41, 5.74) is 1.19. The molecule has 0 aliphatic carbocycles. The molecule has 0 heterocycles. The number of fused-ring (bicyclic) bond motifs is 1. The number of nitrogens with one attached hydrogen (secondary N) is 1. The van der Waals surface area contributed by atoms with Crippen LogP contribution < -0.4 is 5.32 Å². The Labute approximate surface area is 214 Å². The fourth-order valence-electron chi connectivity index (χ4n) is 3.83. The van der Waals surface area contributed by atoms with Crippen LogP contribution in [0.4, 0.5) is 0 Å². The third-order valence-corrected chi connectivity index (χ3v) is 6.41. The zero-order chi connectivity index (χ0) is 25.5. The zero-order valence-electron chi connectivity index (χ0n) is 19.5. The van der Waals surface area contributed by atoms with Gasteiger partial charge in [-0.1, -0.05) is 66.5 Å². The lowest BCUT2D eigenvalue weighted by atomic mass is 10.0. The monoisotopic (exact) mass is 515 g/mol. The van der Waals surface area contributed by atoms with Crippen LogP contribution in [0, 0.1) is 5.92 Å². The van der Waals surface area contributed by atoms with E-state index in [9.17, 15) is 14.4 Å². The Morgan fingerprint density at radius 3 is 2.31 bits per heavy atom. The predicted molar refractivity (Wildman–Crippen MR) is 137 cm³/mol. The van der Waals surface area contributed by atoms with Crippen LogP contribution in [-0.2, 0) is 20.7 Å². The highest BCUT2D eigenvalue weighted by atomic mass is 35.5. The summed E-state index contributed by atoms with van der Waals surface area (Å²) in [5.74, 6) is -2.11. The molecule has 0 fully saturated rings. The van der Waals surface area contributed by atoms with Gasteiger partial charge >= 0.3 is 11.9 Å². The Morgan fingerprint density at radius 2 is 1.63 bits per heavy atom. The van der Waals surface area contributed by atoms with Crippen molar-refractivity contribution in [3.63, 3.8) is 0 Å². The third kappa shape index (κ3) is 7.70. The molecule has 0 saturated heterocycles. The molecule has 0 aliphatic rings. The van der Waals surface area contributed by atoms with Crippen molar-refractivity contribution in [3.8, 4) is 0 Å². The van der Waals surface area contributed by atoms with E-state index in [2.05, 4.69) is 5.32 Å². The Morgan fingerprint density at radius 1 is 0.914 bits per heavy atom. The predicted octanol–water partition coefficient (Wildman–Crippen LogP) is 5.92. The van der Waals surface area contributed by atoms with Crippen molar-refractivity contribution in [2.45, 2.75) is 45.3 Å². The molecule has 3 atom stereocenters. The summed E-state index contributed by atoms with van der Waals surface area (Å²) < 4.78 is 5.87. The molecule has 8 heteroatoms.